The average molecular weight is 324 g/mol. The van der Waals surface area contributed by atoms with Gasteiger partial charge in [0.15, 0.2) is 0 Å². The number of para-hydroxylation sites is 1. The summed E-state index contributed by atoms with van der Waals surface area (Å²) in [5.74, 6) is -0.164. The van der Waals surface area contributed by atoms with Crippen molar-refractivity contribution in [1.82, 2.24) is 4.98 Å². The van der Waals surface area contributed by atoms with E-state index in [4.69, 9.17) is 0 Å². The summed E-state index contributed by atoms with van der Waals surface area (Å²) < 4.78 is 0. The second-order valence-corrected chi connectivity index (χ2v) is 4.21. The Morgan fingerprint density at radius 2 is 1.83 bits per heavy atom. The van der Waals surface area contributed by atoms with Gasteiger partial charge in [-0.05, 0) is 25.1 Å². The van der Waals surface area contributed by atoms with Gasteiger partial charge in [-0.2, -0.15) is 0 Å². The standard InChI is InChI=1S/C17H16N2O.2C2H6/c1-3-5-8-13(4-2)17(20)19-15-11-14-9-6-7-10-16(14)18-12-15;2*1-2/h3-12H,1H2,2H3,(H,19,20);2*1-2H3/b8-5-,13-4+;;. The van der Waals surface area contributed by atoms with E-state index >= 15 is 0 Å². The number of benzene rings is 1. The maximum atomic E-state index is 12.1. The fraction of sp³-hybridized carbons (Fsp3) is 0.238. The summed E-state index contributed by atoms with van der Waals surface area (Å²) in [6.07, 6.45) is 8.49. The quantitative estimate of drug-likeness (QED) is 0.560. The molecule has 1 N–H and O–H groups in total. The first-order chi connectivity index (χ1) is 11.7. The van der Waals surface area contributed by atoms with Crippen molar-refractivity contribution in [2.45, 2.75) is 34.6 Å². The van der Waals surface area contributed by atoms with Crippen molar-refractivity contribution >= 4 is 22.5 Å². The molecule has 1 aromatic carbocycles. The highest BCUT2D eigenvalue weighted by Crippen LogP contribution is 2.16. The molecular formula is C21H28N2O. The molecule has 2 rings (SSSR count). The van der Waals surface area contributed by atoms with Crippen LogP contribution in [0, 0.1) is 0 Å². The normalized spacial score (nSPS) is 10.3. The Kier molecular flexibility index (Phi) is 11.4. The Balaban J connectivity index is 0.00000123. The Bertz CT molecular complexity index is 700. The van der Waals surface area contributed by atoms with Gasteiger partial charge in [0.2, 0.25) is 0 Å². The zero-order chi connectivity index (χ0) is 18.4. The van der Waals surface area contributed by atoms with Crippen LogP contribution in [0.1, 0.15) is 34.6 Å². The molecular weight excluding hydrogens is 296 g/mol. The van der Waals surface area contributed by atoms with Gasteiger partial charge in [0.05, 0.1) is 17.4 Å². The first-order valence-electron chi connectivity index (χ1n) is 8.36. The number of carbonyl (C=O) groups excluding carboxylic acids is 1. The Hall–Kier alpha value is -2.68. The maximum Gasteiger partial charge on any atom is 0.255 e. The van der Waals surface area contributed by atoms with E-state index in [0.717, 1.165) is 10.9 Å². The number of rotatable bonds is 4. The van der Waals surface area contributed by atoms with Crippen LogP contribution < -0.4 is 5.32 Å². The van der Waals surface area contributed by atoms with Crippen molar-refractivity contribution in [1.29, 1.82) is 0 Å². The predicted molar refractivity (Wildman–Crippen MR) is 106 cm³/mol. The van der Waals surface area contributed by atoms with Gasteiger partial charge in [0.1, 0.15) is 0 Å². The van der Waals surface area contributed by atoms with Gasteiger partial charge in [0.25, 0.3) is 5.91 Å². The molecule has 0 spiro atoms. The molecule has 1 aromatic heterocycles. The van der Waals surface area contributed by atoms with Gasteiger partial charge in [-0.15, -0.1) is 0 Å². The molecule has 3 heteroatoms. The van der Waals surface area contributed by atoms with Crippen molar-refractivity contribution in [3.05, 3.63) is 73.0 Å². The molecule has 128 valence electrons. The fourth-order valence-electron chi connectivity index (χ4n) is 1.82. The highest BCUT2D eigenvalue weighted by atomic mass is 16.1. The van der Waals surface area contributed by atoms with E-state index in [0.29, 0.717) is 11.3 Å². The number of nitrogens with zero attached hydrogens (tertiary/aromatic N) is 1. The van der Waals surface area contributed by atoms with Crippen LogP contribution in [0.2, 0.25) is 0 Å². The lowest BCUT2D eigenvalue weighted by molar-refractivity contribution is -0.112. The lowest BCUT2D eigenvalue weighted by atomic mass is 10.2. The van der Waals surface area contributed by atoms with Crippen molar-refractivity contribution < 1.29 is 4.79 Å². The van der Waals surface area contributed by atoms with Crippen molar-refractivity contribution in [3.8, 4) is 0 Å². The summed E-state index contributed by atoms with van der Waals surface area (Å²) in [5, 5.41) is 3.83. The average Bonchev–Trinajstić information content (AvgIpc) is 2.65. The number of aromatic nitrogens is 1. The van der Waals surface area contributed by atoms with E-state index in [-0.39, 0.29) is 5.91 Å². The highest BCUT2D eigenvalue weighted by Gasteiger charge is 2.06. The van der Waals surface area contributed by atoms with Crippen LogP contribution in [0.25, 0.3) is 10.9 Å². The van der Waals surface area contributed by atoms with Crippen LogP contribution in [0.15, 0.2) is 73.0 Å². The third-order valence-corrected chi connectivity index (χ3v) is 2.83. The molecule has 0 aliphatic heterocycles. The SMILES string of the molecule is C=C/C=C\C(=C/C)C(=O)Nc1cnc2ccccc2c1.CC.CC. The third kappa shape index (κ3) is 6.61. The minimum atomic E-state index is -0.164. The van der Waals surface area contributed by atoms with E-state index in [1.54, 1.807) is 30.5 Å². The summed E-state index contributed by atoms with van der Waals surface area (Å²) in [6.45, 7) is 13.4. The van der Waals surface area contributed by atoms with E-state index < -0.39 is 0 Å². The number of carbonyl (C=O) groups is 1. The highest BCUT2D eigenvalue weighted by molar-refractivity contribution is 6.06. The second-order valence-electron chi connectivity index (χ2n) is 4.21. The van der Waals surface area contributed by atoms with Gasteiger partial charge in [-0.25, -0.2) is 0 Å². The number of hydrogen-bond acceptors (Lipinski definition) is 2. The topological polar surface area (TPSA) is 42.0 Å². The van der Waals surface area contributed by atoms with Gasteiger partial charge >= 0.3 is 0 Å². The molecule has 0 radical (unpaired) electrons. The molecule has 0 saturated heterocycles. The van der Waals surface area contributed by atoms with Crippen molar-refractivity contribution in [2.75, 3.05) is 5.32 Å². The Labute approximate surface area is 145 Å². The molecule has 0 aliphatic rings. The minimum Gasteiger partial charge on any atom is -0.321 e. The van der Waals surface area contributed by atoms with Gasteiger partial charge in [0, 0.05) is 11.0 Å². The molecule has 3 nitrogen and oxygen atoms in total. The van der Waals surface area contributed by atoms with Gasteiger partial charge in [-0.1, -0.05) is 70.7 Å². The number of allylic oxidation sites excluding steroid dienone is 3. The molecule has 0 atom stereocenters. The Morgan fingerprint density at radius 1 is 1.17 bits per heavy atom. The van der Waals surface area contributed by atoms with Crippen LogP contribution in [0.4, 0.5) is 5.69 Å². The number of hydrogen-bond donors (Lipinski definition) is 1. The zero-order valence-electron chi connectivity index (χ0n) is 15.3. The second kappa shape index (κ2) is 12.8. The lowest BCUT2D eigenvalue weighted by Gasteiger charge is -2.06. The molecule has 0 bridgehead atoms. The van der Waals surface area contributed by atoms with E-state index in [1.807, 2.05) is 65.0 Å². The number of fused-ring (bicyclic) bond motifs is 1. The number of nitrogens with one attached hydrogen (secondary N) is 1. The molecule has 0 aliphatic carbocycles. The molecule has 1 heterocycles. The molecule has 2 aromatic rings. The van der Waals surface area contributed by atoms with Gasteiger partial charge < -0.3 is 5.32 Å². The maximum absolute atomic E-state index is 12.1. The Morgan fingerprint density at radius 3 is 2.46 bits per heavy atom. The summed E-state index contributed by atoms with van der Waals surface area (Å²) in [7, 11) is 0. The molecule has 0 unspecified atom stereocenters. The summed E-state index contributed by atoms with van der Waals surface area (Å²) in [6, 6.07) is 9.69. The minimum absolute atomic E-state index is 0.164. The van der Waals surface area contributed by atoms with Crippen molar-refractivity contribution in [2.24, 2.45) is 0 Å². The fourth-order valence-corrected chi connectivity index (χ4v) is 1.82. The van der Waals surface area contributed by atoms with Crippen LogP contribution in [-0.4, -0.2) is 10.9 Å². The summed E-state index contributed by atoms with van der Waals surface area (Å²) in [5.41, 5.74) is 2.17. The van der Waals surface area contributed by atoms with Crippen LogP contribution >= 0.6 is 0 Å². The first kappa shape index (κ1) is 21.3. The van der Waals surface area contributed by atoms with E-state index in [9.17, 15) is 4.79 Å². The number of amides is 1. The largest absolute Gasteiger partial charge is 0.321 e. The first-order valence-corrected chi connectivity index (χ1v) is 8.36. The summed E-state index contributed by atoms with van der Waals surface area (Å²) in [4.78, 5) is 16.4. The smallest absolute Gasteiger partial charge is 0.255 e. The molecule has 24 heavy (non-hydrogen) atoms. The monoisotopic (exact) mass is 324 g/mol. The van der Waals surface area contributed by atoms with E-state index in [1.165, 1.54) is 0 Å². The predicted octanol–water partition coefficient (Wildman–Crippen LogP) is 5.91. The van der Waals surface area contributed by atoms with Crippen LogP contribution in [-0.2, 0) is 4.79 Å². The van der Waals surface area contributed by atoms with Crippen LogP contribution in [0.3, 0.4) is 0 Å². The lowest BCUT2D eigenvalue weighted by Crippen LogP contribution is -2.13. The third-order valence-electron chi connectivity index (χ3n) is 2.83. The van der Waals surface area contributed by atoms with Crippen molar-refractivity contribution in [3.63, 3.8) is 0 Å². The zero-order valence-corrected chi connectivity index (χ0v) is 15.3. The number of pyridine rings is 1. The molecule has 0 saturated carbocycles. The van der Waals surface area contributed by atoms with Crippen LogP contribution in [0.5, 0.6) is 0 Å². The number of anilines is 1. The van der Waals surface area contributed by atoms with Gasteiger partial charge in [-0.3, -0.25) is 9.78 Å². The van der Waals surface area contributed by atoms with E-state index in [2.05, 4.69) is 16.9 Å². The molecule has 0 fully saturated rings. The summed E-state index contributed by atoms with van der Waals surface area (Å²) >= 11 is 0. The molecule has 1 amide bonds.